The molecule has 0 fully saturated rings. The SMILES string of the molecule is CCCCCCCC/C=C\CCCCCCCCCCCC(=O)O[C@H](COC(=O)CCCCCCCCCCCCCCC)COP(=O)(O)OCC[N+](C)(C)C. The van der Waals surface area contributed by atoms with Gasteiger partial charge in [0.25, 0.3) is 0 Å². The van der Waals surface area contributed by atoms with E-state index in [1.54, 1.807) is 0 Å². The van der Waals surface area contributed by atoms with Crippen LogP contribution >= 0.6 is 7.82 Å². The molecule has 2 atom stereocenters. The van der Waals surface area contributed by atoms with Crippen molar-refractivity contribution in [2.75, 3.05) is 47.5 Å². The van der Waals surface area contributed by atoms with Crippen LogP contribution in [0.2, 0.25) is 0 Å². The smallest absolute Gasteiger partial charge is 0.462 e. The number of rotatable bonds is 43. The van der Waals surface area contributed by atoms with Crippen molar-refractivity contribution >= 4 is 19.8 Å². The normalized spacial score (nSPS) is 13.6. The van der Waals surface area contributed by atoms with E-state index >= 15 is 0 Å². The molecule has 0 aliphatic carbocycles. The molecule has 0 saturated heterocycles. The maximum Gasteiger partial charge on any atom is 0.472 e. The van der Waals surface area contributed by atoms with Crippen molar-refractivity contribution in [3.05, 3.63) is 12.2 Å². The number of hydrogen-bond donors (Lipinski definition) is 1. The minimum atomic E-state index is -4.37. The molecule has 0 aliphatic rings. The Labute approximate surface area is 346 Å². The third-order valence-electron chi connectivity index (χ3n) is 10.3. The molecule has 0 aliphatic heterocycles. The number of carbonyl (C=O) groups is 2. The van der Waals surface area contributed by atoms with Crippen LogP contribution in [0.3, 0.4) is 0 Å². The van der Waals surface area contributed by atoms with E-state index in [1.165, 1.54) is 154 Å². The third kappa shape index (κ3) is 42.4. The van der Waals surface area contributed by atoms with Crippen LogP contribution in [-0.4, -0.2) is 74.9 Å². The maximum atomic E-state index is 12.7. The van der Waals surface area contributed by atoms with E-state index in [1.807, 2.05) is 21.1 Å². The van der Waals surface area contributed by atoms with Gasteiger partial charge in [0.1, 0.15) is 19.8 Å². The van der Waals surface area contributed by atoms with Gasteiger partial charge in [0.15, 0.2) is 6.10 Å². The first-order chi connectivity index (χ1) is 27.0. The number of allylic oxidation sites excluding steroid dienone is 2. The number of carbonyl (C=O) groups excluding carboxylic acids is 2. The highest BCUT2D eigenvalue weighted by atomic mass is 31.2. The van der Waals surface area contributed by atoms with Crippen LogP contribution in [0, 0.1) is 0 Å². The van der Waals surface area contributed by atoms with Crippen molar-refractivity contribution in [1.82, 2.24) is 0 Å². The van der Waals surface area contributed by atoms with Gasteiger partial charge in [0.05, 0.1) is 27.7 Å². The molecule has 0 rings (SSSR count). The van der Waals surface area contributed by atoms with Crippen LogP contribution in [0.1, 0.15) is 219 Å². The average molecular weight is 817 g/mol. The molecule has 0 heterocycles. The van der Waals surface area contributed by atoms with Gasteiger partial charge < -0.3 is 18.9 Å². The molecule has 0 bridgehead atoms. The Balaban J connectivity index is 4.28. The molecular formula is C46H91NO8P+. The zero-order valence-electron chi connectivity index (χ0n) is 37.4. The quantitative estimate of drug-likeness (QED) is 0.0213. The molecule has 0 aromatic carbocycles. The molecule has 9 nitrogen and oxygen atoms in total. The van der Waals surface area contributed by atoms with E-state index < -0.39 is 26.5 Å². The summed E-state index contributed by atoms with van der Waals surface area (Å²) in [5.74, 6) is -0.790. The van der Waals surface area contributed by atoms with Gasteiger partial charge in [-0.3, -0.25) is 18.6 Å². The van der Waals surface area contributed by atoms with Gasteiger partial charge in [-0.05, 0) is 38.5 Å². The standard InChI is InChI=1S/C46H90NO8P/c1-6-8-10-12-14-16-18-20-21-22-23-24-25-27-29-31-33-35-37-39-46(49)55-44(43-54-56(50,51)53-41-40-47(3,4)5)42-52-45(48)38-36-34-32-30-28-26-19-17-15-13-11-9-7-2/h20-21,44H,6-19,22-43H2,1-5H3/p+1/b21-20-/t44-/m1/s1. The van der Waals surface area contributed by atoms with Gasteiger partial charge in [-0.15, -0.1) is 0 Å². The second kappa shape index (κ2) is 39.2. The van der Waals surface area contributed by atoms with Crippen molar-refractivity contribution in [1.29, 1.82) is 0 Å². The lowest BCUT2D eigenvalue weighted by molar-refractivity contribution is -0.870. The van der Waals surface area contributed by atoms with Gasteiger partial charge in [0.2, 0.25) is 0 Å². The largest absolute Gasteiger partial charge is 0.472 e. The summed E-state index contributed by atoms with van der Waals surface area (Å²) >= 11 is 0. The minimum absolute atomic E-state index is 0.0346. The number of esters is 2. The first-order valence-corrected chi connectivity index (χ1v) is 24.9. The lowest BCUT2D eigenvalue weighted by Crippen LogP contribution is -2.37. The maximum absolute atomic E-state index is 12.7. The first-order valence-electron chi connectivity index (χ1n) is 23.4. The zero-order chi connectivity index (χ0) is 41.4. The van der Waals surface area contributed by atoms with Crippen molar-refractivity contribution < 1.29 is 42.1 Å². The number of ether oxygens (including phenoxy) is 2. The Morgan fingerprint density at radius 3 is 1.32 bits per heavy atom. The Morgan fingerprint density at radius 1 is 0.536 bits per heavy atom. The number of phosphoric ester groups is 1. The highest BCUT2D eigenvalue weighted by molar-refractivity contribution is 7.47. The topological polar surface area (TPSA) is 108 Å². The number of likely N-dealkylation sites (N-methyl/N-ethyl adjacent to an activating group) is 1. The number of unbranched alkanes of at least 4 members (excludes halogenated alkanes) is 27. The molecule has 0 aromatic heterocycles. The fraction of sp³-hybridized carbons (Fsp3) is 0.913. The molecule has 56 heavy (non-hydrogen) atoms. The Hall–Kier alpha value is -1.25. The fourth-order valence-corrected chi connectivity index (χ4v) is 7.34. The molecule has 0 radical (unpaired) electrons. The van der Waals surface area contributed by atoms with Gasteiger partial charge >= 0.3 is 19.8 Å². The summed E-state index contributed by atoms with van der Waals surface area (Å²) in [6.07, 6.45) is 41.1. The van der Waals surface area contributed by atoms with Gasteiger partial charge in [-0.2, -0.15) is 0 Å². The molecule has 10 heteroatoms. The fourth-order valence-electron chi connectivity index (χ4n) is 6.60. The van der Waals surface area contributed by atoms with E-state index in [2.05, 4.69) is 26.0 Å². The van der Waals surface area contributed by atoms with E-state index in [0.29, 0.717) is 23.9 Å². The van der Waals surface area contributed by atoms with Crippen LogP contribution in [0.25, 0.3) is 0 Å². The summed E-state index contributed by atoms with van der Waals surface area (Å²) in [5.41, 5.74) is 0. The molecule has 1 N–H and O–H groups in total. The summed E-state index contributed by atoms with van der Waals surface area (Å²) < 4.78 is 34.4. The molecule has 0 spiro atoms. The van der Waals surface area contributed by atoms with E-state index in [4.69, 9.17) is 18.5 Å². The van der Waals surface area contributed by atoms with Crippen LogP contribution in [-0.2, 0) is 32.7 Å². The minimum Gasteiger partial charge on any atom is -0.462 e. The molecule has 0 aromatic rings. The number of nitrogens with zero attached hydrogens (tertiary/aromatic N) is 1. The lowest BCUT2D eigenvalue weighted by atomic mass is 10.0. The van der Waals surface area contributed by atoms with Crippen LogP contribution in [0.5, 0.6) is 0 Å². The summed E-state index contributed by atoms with van der Waals surface area (Å²) in [4.78, 5) is 35.4. The van der Waals surface area contributed by atoms with Crippen molar-refractivity contribution in [2.45, 2.75) is 225 Å². The summed E-state index contributed by atoms with van der Waals surface area (Å²) in [6, 6.07) is 0. The highest BCUT2D eigenvalue weighted by Crippen LogP contribution is 2.43. The van der Waals surface area contributed by atoms with Gasteiger partial charge in [-0.1, -0.05) is 180 Å². The van der Waals surface area contributed by atoms with Gasteiger partial charge in [0, 0.05) is 12.8 Å². The first kappa shape index (κ1) is 54.8. The second-order valence-electron chi connectivity index (χ2n) is 17.1. The number of quaternary nitrogens is 1. The van der Waals surface area contributed by atoms with E-state index in [-0.39, 0.29) is 25.6 Å². The van der Waals surface area contributed by atoms with Gasteiger partial charge in [-0.25, -0.2) is 4.57 Å². The van der Waals surface area contributed by atoms with E-state index in [9.17, 15) is 19.0 Å². The molecule has 332 valence electrons. The summed E-state index contributed by atoms with van der Waals surface area (Å²) in [7, 11) is 1.49. The summed E-state index contributed by atoms with van der Waals surface area (Å²) in [6.45, 7) is 4.44. The number of hydrogen-bond acceptors (Lipinski definition) is 7. The zero-order valence-corrected chi connectivity index (χ0v) is 38.3. The predicted octanol–water partition coefficient (Wildman–Crippen LogP) is 13.4. The Kier molecular flexibility index (Phi) is 38.3. The number of phosphoric acid groups is 1. The molecular weight excluding hydrogens is 725 g/mol. The second-order valence-corrected chi connectivity index (χ2v) is 18.6. The Morgan fingerprint density at radius 2 is 0.911 bits per heavy atom. The van der Waals surface area contributed by atoms with E-state index in [0.717, 1.165) is 32.1 Å². The van der Waals surface area contributed by atoms with Crippen molar-refractivity contribution in [3.8, 4) is 0 Å². The summed E-state index contributed by atoms with van der Waals surface area (Å²) in [5, 5.41) is 0. The van der Waals surface area contributed by atoms with Crippen LogP contribution < -0.4 is 0 Å². The lowest BCUT2D eigenvalue weighted by Gasteiger charge is -2.24. The molecule has 0 saturated carbocycles. The van der Waals surface area contributed by atoms with Crippen molar-refractivity contribution in [2.24, 2.45) is 0 Å². The monoisotopic (exact) mass is 817 g/mol. The third-order valence-corrected chi connectivity index (χ3v) is 11.3. The Bertz CT molecular complexity index is 969. The molecule has 1 unspecified atom stereocenters. The predicted molar refractivity (Wildman–Crippen MR) is 234 cm³/mol. The van der Waals surface area contributed by atoms with Crippen LogP contribution in [0.4, 0.5) is 0 Å². The van der Waals surface area contributed by atoms with Crippen LogP contribution in [0.15, 0.2) is 12.2 Å². The average Bonchev–Trinajstić information content (AvgIpc) is 3.15. The van der Waals surface area contributed by atoms with Crippen molar-refractivity contribution in [3.63, 3.8) is 0 Å². The highest BCUT2D eigenvalue weighted by Gasteiger charge is 2.27. The molecule has 0 amide bonds.